The maximum Gasteiger partial charge on any atom is 0.320 e. The van der Waals surface area contributed by atoms with Crippen LogP contribution in [0.4, 0.5) is 11.8 Å². The number of methoxy groups -OCH3 is 1. The number of hydrogen-bond acceptors (Lipinski definition) is 8. The van der Waals surface area contributed by atoms with Gasteiger partial charge in [0, 0.05) is 32.3 Å². The molecule has 2 aromatic carbocycles. The summed E-state index contributed by atoms with van der Waals surface area (Å²) in [6.45, 7) is 0.556. The van der Waals surface area contributed by atoms with E-state index in [2.05, 4.69) is 10.3 Å². The van der Waals surface area contributed by atoms with Gasteiger partial charge >= 0.3 is 5.97 Å². The van der Waals surface area contributed by atoms with E-state index in [-0.39, 0.29) is 12.5 Å². The fraction of sp³-hybridized carbons (Fsp3) is 0.393. The van der Waals surface area contributed by atoms with Gasteiger partial charge in [0.2, 0.25) is 5.95 Å². The standard InChI is InChI=1S/C28H35N5O4/c1-33(2)28-31-23(20-11-8-18(9-12-20)14-22(29)27(34)35)16-26(32-28)30-17-19-10-13-24(36-3)25(15-19)37-21-6-4-5-7-21/h8-13,15-16,21-22H,4-7,14,17,29H2,1-3H3,(H,34,35)(H,30,31,32). The number of carboxylic acid groups (broad SMARTS) is 1. The number of benzene rings is 2. The van der Waals surface area contributed by atoms with Gasteiger partial charge < -0.3 is 30.5 Å². The van der Waals surface area contributed by atoms with Crippen LogP contribution in [0.1, 0.15) is 36.8 Å². The van der Waals surface area contributed by atoms with Gasteiger partial charge in [-0.05, 0) is 55.4 Å². The second-order valence-corrected chi connectivity index (χ2v) is 9.54. The predicted molar refractivity (Wildman–Crippen MR) is 144 cm³/mol. The highest BCUT2D eigenvalue weighted by molar-refractivity contribution is 5.73. The van der Waals surface area contributed by atoms with Crippen molar-refractivity contribution >= 4 is 17.7 Å². The van der Waals surface area contributed by atoms with E-state index in [1.165, 1.54) is 12.8 Å². The first-order valence-corrected chi connectivity index (χ1v) is 12.5. The molecule has 196 valence electrons. The summed E-state index contributed by atoms with van der Waals surface area (Å²) >= 11 is 0. The predicted octanol–water partition coefficient (Wildman–Crippen LogP) is 4.11. The Labute approximate surface area is 217 Å². The van der Waals surface area contributed by atoms with Crippen molar-refractivity contribution in [3.05, 3.63) is 59.7 Å². The number of rotatable bonds is 11. The fourth-order valence-electron chi connectivity index (χ4n) is 4.33. The van der Waals surface area contributed by atoms with E-state index in [1.807, 2.05) is 67.5 Å². The highest BCUT2D eigenvalue weighted by Crippen LogP contribution is 2.33. The SMILES string of the molecule is COc1ccc(CNc2cc(-c3ccc(CC(N)C(=O)O)cc3)nc(N(C)C)n2)cc1OC1CCCC1. The summed E-state index contributed by atoms with van der Waals surface area (Å²) in [5.74, 6) is 1.77. The van der Waals surface area contributed by atoms with Crippen molar-refractivity contribution in [2.75, 3.05) is 31.4 Å². The van der Waals surface area contributed by atoms with Crippen molar-refractivity contribution in [1.29, 1.82) is 0 Å². The highest BCUT2D eigenvalue weighted by Gasteiger charge is 2.19. The molecule has 1 atom stereocenters. The molecule has 1 aromatic heterocycles. The molecule has 0 radical (unpaired) electrons. The lowest BCUT2D eigenvalue weighted by molar-refractivity contribution is -0.138. The lowest BCUT2D eigenvalue weighted by atomic mass is 10.0. The molecule has 3 aromatic rings. The summed E-state index contributed by atoms with van der Waals surface area (Å²) in [5, 5.41) is 12.5. The van der Waals surface area contributed by atoms with Crippen LogP contribution in [0.5, 0.6) is 11.5 Å². The number of nitrogens with one attached hydrogen (secondary N) is 1. The number of aromatic nitrogens is 2. The Balaban J connectivity index is 1.51. The number of carbonyl (C=O) groups is 1. The summed E-state index contributed by atoms with van der Waals surface area (Å²) in [7, 11) is 5.46. The van der Waals surface area contributed by atoms with Crippen LogP contribution in [-0.2, 0) is 17.8 Å². The molecule has 4 rings (SSSR count). The molecule has 1 heterocycles. The molecule has 1 aliphatic carbocycles. The van der Waals surface area contributed by atoms with E-state index in [0.717, 1.165) is 46.7 Å². The monoisotopic (exact) mass is 505 g/mol. The first-order valence-electron chi connectivity index (χ1n) is 12.5. The normalized spacial score (nSPS) is 14.3. The zero-order valence-electron chi connectivity index (χ0n) is 21.6. The van der Waals surface area contributed by atoms with Crippen molar-refractivity contribution in [3.8, 4) is 22.8 Å². The zero-order valence-corrected chi connectivity index (χ0v) is 21.6. The topological polar surface area (TPSA) is 123 Å². The highest BCUT2D eigenvalue weighted by atomic mass is 16.5. The van der Waals surface area contributed by atoms with Crippen molar-refractivity contribution in [3.63, 3.8) is 0 Å². The van der Waals surface area contributed by atoms with Crippen LogP contribution >= 0.6 is 0 Å². The number of carboxylic acids is 1. The van der Waals surface area contributed by atoms with Crippen LogP contribution < -0.4 is 25.4 Å². The molecule has 4 N–H and O–H groups in total. The average molecular weight is 506 g/mol. The molecule has 9 nitrogen and oxygen atoms in total. The number of nitrogens with two attached hydrogens (primary N) is 1. The van der Waals surface area contributed by atoms with Crippen LogP contribution in [0, 0.1) is 0 Å². The Morgan fingerprint density at radius 1 is 1.08 bits per heavy atom. The van der Waals surface area contributed by atoms with Crippen molar-refractivity contribution in [2.24, 2.45) is 5.73 Å². The molecule has 0 aliphatic heterocycles. The van der Waals surface area contributed by atoms with Crippen LogP contribution in [0.15, 0.2) is 48.5 Å². The molecule has 0 saturated heterocycles. The van der Waals surface area contributed by atoms with Gasteiger partial charge in [-0.15, -0.1) is 0 Å². The third-order valence-corrected chi connectivity index (χ3v) is 6.43. The minimum absolute atomic E-state index is 0.246. The molecule has 1 fully saturated rings. The first-order chi connectivity index (χ1) is 17.8. The molecular formula is C28H35N5O4. The second-order valence-electron chi connectivity index (χ2n) is 9.54. The lowest BCUT2D eigenvalue weighted by Gasteiger charge is -2.18. The van der Waals surface area contributed by atoms with Gasteiger partial charge in [-0.1, -0.05) is 30.3 Å². The Morgan fingerprint density at radius 2 is 1.78 bits per heavy atom. The molecule has 0 spiro atoms. The van der Waals surface area contributed by atoms with Crippen molar-refractivity contribution in [2.45, 2.75) is 50.8 Å². The molecule has 0 amide bonds. The van der Waals surface area contributed by atoms with E-state index >= 15 is 0 Å². The maximum absolute atomic E-state index is 11.1. The number of anilines is 2. The van der Waals surface area contributed by atoms with Crippen LogP contribution in [0.2, 0.25) is 0 Å². The van der Waals surface area contributed by atoms with Gasteiger partial charge in [-0.25, -0.2) is 4.98 Å². The van der Waals surface area contributed by atoms with Crippen LogP contribution in [0.25, 0.3) is 11.3 Å². The summed E-state index contributed by atoms with van der Waals surface area (Å²) < 4.78 is 11.8. The number of ether oxygens (including phenoxy) is 2. The molecule has 1 saturated carbocycles. The Bertz CT molecular complexity index is 1210. The van der Waals surface area contributed by atoms with E-state index in [1.54, 1.807) is 7.11 Å². The van der Waals surface area contributed by atoms with Gasteiger partial charge in [-0.3, -0.25) is 4.79 Å². The summed E-state index contributed by atoms with van der Waals surface area (Å²) in [4.78, 5) is 22.3. The van der Waals surface area contributed by atoms with E-state index in [4.69, 9.17) is 25.3 Å². The van der Waals surface area contributed by atoms with E-state index < -0.39 is 12.0 Å². The number of nitrogens with zero attached hydrogens (tertiary/aromatic N) is 3. The van der Waals surface area contributed by atoms with Gasteiger partial charge in [0.1, 0.15) is 11.9 Å². The van der Waals surface area contributed by atoms with Crippen LogP contribution in [-0.4, -0.2) is 54.4 Å². The smallest absolute Gasteiger partial charge is 0.320 e. The Hall–Kier alpha value is -3.85. The van der Waals surface area contributed by atoms with Gasteiger partial charge in [0.15, 0.2) is 11.5 Å². The minimum Gasteiger partial charge on any atom is -0.493 e. The Morgan fingerprint density at radius 3 is 2.43 bits per heavy atom. The Kier molecular flexibility index (Phi) is 8.45. The third kappa shape index (κ3) is 6.89. The summed E-state index contributed by atoms with van der Waals surface area (Å²) in [5.41, 5.74) is 9.24. The number of aliphatic carboxylic acids is 1. The molecule has 1 aliphatic rings. The quantitative estimate of drug-likeness (QED) is 0.353. The summed E-state index contributed by atoms with van der Waals surface area (Å²) in [6, 6.07) is 14.6. The molecule has 1 unspecified atom stereocenters. The molecule has 37 heavy (non-hydrogen) atoms. The maximum atomic E-state index is 11.1. The third-order valence-electron chi connectivity index (χ3n) is 6.43. The second kappa shape index (κ2) is 11.9. The van der Waals surface area contributed by atoms with Gasteiger partial charge in [0.05, 0.1) is 18.9 Å². The molecule has 0 bridgehead atoms. The molecule has 9 heteroatoms. The van der Waals surface area contributed by atoms with Gasteiger partial charge in [-0.2, -0.15) is 4.98 Å². The van der Waals surface area contributed by atoms with Crippen molar-refractivity contribution < 1.29 is 19.4 Å². The van der Waals surface area contributed by atoms with E-state index in [9.17, 15) is 4.79 Å². The van der Waals surface area contributed by atoms with Crippen molar-refractivity contribution in [1.82, 2.24) is 9.97 Å². The minimum atomic E-state index is -1.01. The average Bonchev–Trinajstić information content (AvgIpc) is 3.41. The lowest BCUT2D eigenvalue weighted by Crippen LogP contribution is -2.32. The number of hydrogen-bond donors (Lipinski definition) is 3. The largest absolute Gasteiger partial charge is 0.493 e. The molecular weight excluding hydrogens is 470 g/mol. The van der Waals surface area contributed by atoms with Crippen LogP contribution in [0.3, 0.4) is 0 Å². The first kappa shape index (κ1) is 26.2. The fourth-order valence-corrected chi connectivity index (χ4v) is 4.33. The van der Waals surface area contributed by atoms with E-state index in [0.29, 0.717) is 18.3 Å². The van der Waals surface area contributed by atoms with Gasteiger partial charge in [0.25, 0.3) is 0 Å². The zero-order chi connectivity index (χ0) is 26.4. The summed E-state index contributed by atoms with van der Waals surface area (Å²) in [6.07, 6.45) is 5.08.